The maximum absolute atomic E-state index is 12.5. The smallest absolute Gasteiger partial charge is 0.375 e. The van der Waals surface area contributed by atoms with Crippen molar-refractivity contribution in [3.63, 3.8) is 0 Å². The number of carbonyl (C=O) groups excluding carboxylic acids is 2. The number of amides is 2. The predicted molar refractivity (Wildman–Crippen MR) is 102 cm³/mol. The van der Waals surface area contributed by atoms with Crippen LogP contribution in [0.3, 0.4) is 0 Å². The number of rotatable bonds is 7. The molecule has 0 saturated heterocycles. The summed E-state index contributed by atoms with van der Waals surface area (Å²) in [6.45, 7) is 0.107. The third kappa shape index (κ3) is 7.11. The molecule has 150 valence electrons. The highest BCUT2D eigenvalue weighted by atomic mass is 35.5. The Balaban J connectivity index is 2.10. The molecule has 1 unspecified atom stereocenters. The van der Waals surface area contributed by atoms with E-state index in [1.807, 2.05) is 0 Å². The fraction of sp³-hybridized carbons (Fsp3) is 0.263. The summed E-state index contributed by atoms with van der Waals surface area (Å²) < 4.78 is 37.3. The van der Waals surface area contributed by atoms with E-state index in [1.165, 1.54) is 19.1 Å². The van der Waals surface area contributed by atoms with Gasteiger partial charge >= 0.3 is 6.18 Å². The van der Waals surface area contributed by atoms with Crippen LogP contribution in [0.2, 0.25) is 5.02 Å². The van der Waals surface area contributed by atoms with Crippen LogP contribution in [0, 0.1) is 0 Å². The number of nitrogens with one attached hydrogen (secondary N) is 3. The Morgan fingerprint density at radius 1 is 1.04 bits per heavy atom. The molecule has 2 aromatic carbocycles. The van der Waals surface area contributed by atoms with Crippen LogP contribution in [0.15, 0.2) is 48.5 Å². The van der Waals surface area contributed by atoms with Crippen molar-refractivity contribution in [3.05, 3.63) is 59.1 Å². The van der Waals surface area contributed by atoms with Crippen LogP contribution in [0.5, 0.6) is 0 Å². The lowest BCUT2D eigenvalue weighted by molar-refractivity contribution is -0.120. The minimum atomic E-state index is -4.39. The fourth-order valence-electron chi connectivity index (χ4n) is 2.52. The normalized spacial score (nSPS) is 12.2. The highest BCUT2D eigenvalue weighted by Crippen LogP contribution is 2.25. The van der Waals surface area contributed by atoms with Crippen molar-refractivity contribution in [1.29, 1.82) is 0 Å². The summed E-state index contributed by atoms with van der Waals surface area (Å²) in [5, 5.41) is 8.04. The van der Waals surface area contributed by atoms with Gasteiger partial charge < -0.3 is 16.0 Å². The monoisotopic (exact) mass is 413 g/mol. The molecular weight excluding hydrogens is 395 g/mol. The van der Waals surface area contributed by atoms with E-state index in [4.69, 9.17) is 11.6 Å². The number of anilines is 2. The van der Waals surface area contributed by atoms with Crippen LogP contribution < -0.4 is 16.0 Å². The van der Waals surface area contributed by atoms with Crippen LogP contribution in [-0.2, 0) is 9.59 Å². The summed E-state index contributed by atoms with van der Waals surface area (Å²) in [5.41, 5.74) is 1.04. The molecule has 5 nitrogen and oxygen atoms in total. The molecule has 0 spiro atoms. The molecule has 2 aromatic rings. The molecule has 28 heavy (non-hydrogen) atoms. The molecule has 0 heterocycles. The number of hydrogen-bond acceptors (Lipinski definition) is 3. The molecule has 0 aliphatic heterocycles. The lowest BCUT2D eigenvalue weighted by atomic mass is 10.0. The second kappa shape index (κ2) is 9.45. The topological polar surface area (TPSA) is 70.2 Å². The van der Waals surface area contributed by atoms with Gasteiger partial charge in [0.1, 0.15) is 6.54 Å². The fourth-order valence-corrected chi connectivity index (χ4v) is 2.65. The molecule has 0 saturated carbocycles. The van der Waals surface area contributed by atoms with Crippen LogP contribution in [-0.4, -0.2) is 24.5 Å². The Kier molecular flexibility index (Phi) is 7.28. The van der Waals surface area contributed by atoms with Gasteiger partial charge in [0, 0.05) is 11.9 Å². The Morgan fingerprint density at radius 2 is 1.64 bits per heavy atom. The maximum atomic E-state index is 12.5. The molecule has 0 aromatic heterocycles. The third-order valence-corrected chi connectivity index (χ3v) is 3.97. The SMILES string of the molecule is CC(=O)NC(CC(=O)Nc1ccccc1NCC(F)(F)F)c1ccc(Cl)cc1. The van der Waals surface area contributed by atoms with Crippen LogP contribution in [0.4, 0.5) is 24.5 Å². The van der Waals surface area contributed by atoms with E-state index in [0.717, 1.165) is 0 Å². The number of para-hydroxylation sites is 2. The maximum Gasteiger partial charge on any atom is 0.405 e. The molecule has 9 heteroatoms. The largest absolute Gasteiger partial charge is 0.405 e. The number of hydrogen-bond donors (Lipinski definition) is 3. The zero-order valence-electron chi connectivity index (χ0n) is 14.9. The van der Waals surface area contributed by atoms with E-state index in [2.05, 4.69) is 16.0 Å². The van der Waals surface area contributed by atoms with Crippen molar-refractivity contribution >= 4 is 34.8 Å². The van der Waals surface area contributed by atoms with Gasteiger partial charge in [-0.05, 0) is 29.8 Å². The van der Waals surface area contributed by atoms with Crippen molar-refractivity contribution in [2.24, 2.45) is 0 Å². The summed E-state index contributed by atoms with van der Waals surface area (Å²) in [6.07, 6.45) is -4.49. The summed E-state index contributed by atoms with van der Waals surface area (Å²) >= 11 is 5.86. The zero-order chi connectivity index (χ0) is 20.7. The van der Waals surface area contributed by atoms with Gasteiger partial charge in [-0.1, -0.05) is 35.9 Å². The van der Waals surface area contributed by atoms with Crippen LogP contribution in [0.25, 0.3) is 0 Å². The predicted octanol–water partition coefficient (Wildman–Crippen LogP) is 4.52. The quantitative estimate of drug-likeness (QED) is 0.625. The molecule has 2 rings (SSSR count). The van der Waals surface area contributed by atoms with Crippen molar-refractivity contribution in [3.8, 4) is 0 Å². The van der Waals surface area contributed by atoms with Crippen LogP contribution in [0.1, 0.15) is 24.9 Å². The van der Waals surface area contributed by atoms with Gasteiger partial charge in [-0.2, -0.15) is 13.2 Å². The highest BCUT2D eigenvalue weighted by Gasteiger charge is 2.27. The van der Waals surface area contributed by atoms with Crippen molar-refractivity contribution < 1.29 is 22.8 Å². The average Bonchev–Trinajstić information content (AvgIpc) is 2.60. The first-order chi connectivity index (χ1) is 13.1. The summed E-state index contributed by atoms with van der Waals surface area (Å²) in [6, 6.07) is 12.1. The number of alkyl halides is 3. The van der Waals surface area contributed by atoms with Gasteiger partial charge in [-0.15, -0.1) is 0 Å². The van der Waals surface area contributed by atoms with Crippen molar-refractivity contribution in [1.82, 2.24) is 5.32 Å². The van der Waals surface area contributed by atoms with Gasteiger partial charge in [0.15, 0.2) is 0 Å². The lowest BCUT2D eigenvalue weighted by Gasteiger charge is -2.19. The molecule has 0 fully saturated rings. The molecular formula is C19H19ClF3N3O2. The first-order valence-electron chi connectivity index (χ1n) is 8.36. The van der Waals surface area contributed by atoms with Gasteiger partial charge in [0.2, 0.25) is 11.8 Å². The Bertz CT molecular complexity index is 826. The molecule has 0 aliphatic carbocycles. The summed E-state index contributed by atoms with van der Waals surface area (Å²) in [4.78, 5) is 23.9. The van der Waals surface area contributed by atoms with E-state index in [9.17, 15) is 22.8 Å². The van der Waals surface area contributed by atoms with E-state index >= 15 is 0 Å². The standard InChI is InChI=1S/C19H19ClF3N3O2/c1-12(27)25-17(13-6-8-14(20)9-7-13)10-18(28)26-16-5-3-2-4-15(16)24-11-19(21,22)23/h2-9,17,24H,10-11H2,1H3,(H,25,27)(H,26,28). The van der Waals surface area contributed by atoms with Gasteiger partial charge in [0.25, 0.3) is 0 Å². The Labute approximate surface area is 165 Å². The Hall–Kier alpha value is -2.74. The number of halogens is 4. The first-order valence-corrected chi connectivity index (χ1v) is 8.74. The first kappa shape index (κ1) is 21.6. The average molecular weight is 414 g/mol. The second-order valence-electron chi connectivity index (χ2n) is 6.07. The lowest BCUT2D eigenvalue weighted by Crippen LogP contribution is -2.30. The van der Waals surface area contributed by atoms with E-state index in [0.29, 0.717) is 10.6 Å². The van der Waals surface area contributed by atoms with E-state index in [1.54, 1.807) is 36.4 Å². The van der Waals surface area contributed by atoms with Crippen molar-refractivity contribution in [2.45, 2.75) is 25.6 Å². The minimum absolute atomic E-state index is 0.102. The minimum Gasteiger partial charge on any atom is -0.375 e. The van der Waals surface area contributed by atoms with Gasteiger partial charge in [-0.25, -0.2) is 0 Å². The van der Waals surface area contributed by atoms with E-state index in [-0.39, 0.29) is 23.7 Å². The second-order valence-corrected chi connectivity index (χ2v) is 6.51. The van der Waals surface area contributed by atoms with Crippen LogP contribution >= 0.6 is 11.6 Å². The third-order valence-electron chi connectivity index (χ3n) is 3.72. The summed E-state index contributed by atoms with van der Waals surface area (Å²) in [5.74, 6) is -0.782. The number of benzene rings is 2. The highest BCUT2D eigenvalue weighted by molar-refractivity contribution is 6.30. The molecule has 0 bridgehead atoms. The Morgan fingerprint density at radius 3 is 2.21 bits per heavy atom. The molecule has 2 amide bonds. The van der Waals surface area contributed by atoms with Gasteiger partial charge in [0.05, 0.1) is 23.8 Å². The zero-order valence-corrected chi connectivity index (χ0v) is 15.7. The van der Waals surface area contributed by atoms with Crippen molar-refractivity contribution in [2.75, 3.05) is 17.2 Å². The summed E-state index contributed by atoms with van der Waals surface area (Å²) in [7, 11) is 0. The molecule has 0 radical (unpaired) electrons. The van der Waals surface area contributed by atoms with E-state index < -0.39 is 24.7 Å². The van der Waals surface area contributed by atoms with Gasteiger partial charge in [-0.3, -0.25) is 9.59 Å². The number of carbonyl (C=O) groups is 2. The molecule has 3 N–H and O–H groups in total. The molecule has 1 atom stereocenters. The molecule has 0 aliphatic rings.